The van der Waals surface area contributed by atoms with Gasteiger partial charge in [0, 0.05) is 0 Å². The summed E-state index contributed by atoms with van der Waals surface area (Å²) in [5, 5.41) is 0. The molecule has 1 aromatic carbocycles. The van der Waals surface area contributed by atoms with Crippen LogP contribution in [0.1, 0.15) is 108 Å². The lowest BCUT2D eigenvalue weighted by atomic mass is 9.68. The summed E-state index contributed by atoms with van der Waals surface area (Å²) in [6, 6.07) is 3.35. The van der Waals surface area contributed by atoms with Crippen LogP contribution in [-0.2, 0) is 0 Å². The molecule has 3 rings (SSSR count). The highest BCUT2D eigenvalue weighted by atomic mass is 19.2. The standard InChI is InChI=1S/C28H42F2O/c1-3-5-7-8-9-21-10-12-22(13-11-21)23-14-16-24(17-15-23)25-18-19-26(28(30)27(25)29)31-20-6-4-2/h4,18-19,21-24H,2-3,5-17,20H2,1H3. The maximum Gasteiger partial charge on any atom is 0.200 e. The second-order valence-electron chi connectivity index (χ2n) is 9.95. The van der Waals surface area contributed by atoms with Crippen LogP contribution in [0, 0.1) is 29.4 Å². The molecule has 0 N–H and O–H groups in total. The fraction of sp³-hybridized carbons (Fsp3) is 0.714. The van der Waals surface area contributed by atoms with Crippen molar-refractivity contribution in [1.82, 2.24) is 0 Å². The summed E-state index contributed by atoms with van der Waals surface area (Å²) in [7, 11) is 0. The van der Waals surface area contributed by atoms with E-state index in [1.807, 2.05) is 0 Å². The number of unbranched alkanes of at least 4 members (excludes halogenated alkanes) is 3. The van der Waals surface area contributed by atoms with Crippen LogP contribution in [0.4, 0.5) is 8.78 Å². The van der Waals surface area contributed by atoms with Gasteiger partial charge in [0.15, 0.2) is 11.6 Å². The first-order chi connectivity index (χ1) is 15.1. The molecule has 1 aromatic rings. The van der Waals surface area contributed by atoms with Gasteiger partial charge in [-0.1, -0.05) is 64.0 Å². The molecule has 0 unspecified atom stereocenters. The van der Waals surface area contributed by atoms with Crippen molar-refractivity contribution in [2.75, 3.05) is 6.61 Å². The minimum absolute atomic E-state index is 0.0169. The largest absolute Gasteiger partial charge is 0.490 e. The monoisotopic (exact) mass is 432 g/mol. The Hall–Kier alpha value is -1.38. The highest BCUT2D eigenvalue weighted by Gasteiger charge is 2.32. The summed E-state index contributed by atoms with van der Waals surface area (Å²) in [5.41, 5.74) is 0.544. The molecule has 2 fully saturated rings. The smallest absolute Gasteiger partial charge is 0.200 e. The van der Waals surface area contributed by atoms with Crippen molar-refractivity contribution in [3.05, 3.63) is 42.0 Å². The number of benzene rings is 1. The molecule has 2 aliphatic carbocycles. The number of ether oxygens (including phenoxy) is 1. The maximum absolute atomic E-state index is 14.7. The molecule has 1 nitrogen and oxygen atoms in total. The first-order valence-corrected chi connectivity index (χ1v) is 12.9. The Labute approximate surface area is 188 Å². The van der Waals surface area contributed by atoms with E-state index in [0.29, 0.717) is 18.6 Å². The van der Waals surface area contributed by atoms with Gasteiger partial charge in [-0.3, -0.25) is 0 Å². The van der Waals surface area contributed by atoms with E-state index in [2.05, 4.69) is 13.5 Å². The van der Waals surface area contributed by atoms with E-state index in [1.165, 1.54) is 57.8 Å². The van der Waals surface area contributed by atoms with E-state index in [0.717, 1.165) is 43.4 Å². The molecule has 0 bridgehead atoms. The molecule has 0 radical (unpaired) electrons. The lowest BCUT2D eigenvalue weighted by Crippen LogP contribution is -2.25. The van der Waals surface area contributed by atoms with E-state index in [9.17, 15) is 8.78 Å². The van der Waals surface area contributed by atoms with Gasteiger partial charge in [-0.15, -0.1) is 6.58 Å². The Balaban J connectivity index is 1.45. The Kier molecular flexibility index (Phi) is 9.87. The molecular formula is C28H42F2O. The quantitative estimate of drug-likeness (QED) is 0.250. The molecule has 174 valence electrons. The van der Waals surface area contributed by atoms with E-state index in [4.69, 9.17) is 4.74 Å². The molecular weight excluding hydrogens is 390 g/mol. The van der Waals surface area contributed by atoms with Crippen LogP contribution in [0.5, 0.6) is 5.75 Å². The zero-order valence-electron chi connectivity index (χ0n) is 19.5. The van der Waals surface area contributed by atoms with Crippen molar-refractivity contribution in [3.63, 3.8) is 0 Å². The van der Waals surface area contributed by atoms with Crippen LogP contribution in [0.3, 0.4) is 0 Å². The van der Waals surface area contributed by atoms with Crippen LogP contribution in [0.15, 0.2) is 24.8 Å². The molecule has 0 aromatic heterocycles. The fourth-order valence-electron chi connectivity index (χ4n) is 5.94. The third-order valence-electron chi connectivity index (χ3n) is 7.89. The molecule has 0 saturated heterocycles. The highest BCUT2D eigenvalue weighted by molar-refractivity contribution is 5.33. The van der Waals surface area contributed by atoms with Gasteiger partial charge in [0.05, 0.1) is 6.61 Å². The van der Waals surface area contributed by atoms with Gasteiger partial charge in [-0.25, -0.2) is 4.39 Å². The summed E-state index contributed by atoms with van der Waals surface area (Å²) in [6.07, 6.45) is 19.1. The molecule has 0 spiro atoms. The number of halogens is 2. The van der Waals surface area contributed by atoms with Crippen molar-refractivity contribution in [2.24, 2.45) is 17.8 Å². The van der Waals surface area contributed by atoms with Gasteiger partial charge >= 0.3 is 0 Å². The molecule has 0 heterocycles. The Bertz CT molecular complexity index is 670. The zero-order valence-corrected chi connectivity index (χ0v) is 19.5. The third kappa shape index (κ3) is 6.80. The Morgan fingerprint density at radius 3 is 2.23 bits per heavy atom. The van der Waals surface area contributed by atoms with Crippen molar-refractivity contribution < 1.29 is 13.5 Å². The minimum Gasteiger partial charge on any atom is -0.490 e. The molecule has 0 atom stereocenters. The van der Waals surface area contributed by atoms with Crippen LogP contribution in [0.25, 0.3) is 0 Å². The molecule has 2 saturated carbocycles. The summed E-state index contributed by atoms with van der Waals surface area (Å²) < 4.78 is 34.5. The first-order valence-electron chi connectivity index (χ1n) is 12.9. The number of rotatable bonds is 11. The van der Waals surface area contributed by atoms with Crippen LogP contribution >= 0.6 is 0 Å². The minimum atomic E-state index is -0.832. The van der Waals surface area contributed by atoms with Gasteiger partial charge in [0.1, 0.15) is 0 Å². The summed E-state index contributed by atoms with van der Waals surface area (Å²) in [4.78, 5) is 0. The van der Waals surface area contributed by atoms with E-state index in [1.54, 1.807) is 18.2 Å². The highest BCUT2D eigenvalue weighted by Crippen LogP contribution is 2.45. The van der Waals surface area contributed by atoms with Gasteiger partial charge in [0.25, 0.3) is 0 Å². The van der Waals surface area contributed by atoms with E-state index in [-0.39, 0.29) is 11.7 Å². The topological polar surface area (TPSA) is 9.23 Å². The first kappa shape index (κ1) is 24.3. The zero-order chi connectivity index (χ0) is 22.1. The molecule has 31 heavy (non-hydrogen) atoms. The predicted octanol–water partition coefficient (Wildman–Crippen LogP) is 8.97. The average molecular weight is 433 g/mol. The molecule has 0 aliphatic heterocycles. The summed E-state index contributed by atoms with van der Waals surface area (Å²) >= 11 is 0. The van der Waals surface area contributed by atoms with Gasteiger partial charge in [0.2, 0.25) is 5.82 Å². The second-order valence-corrected chi connectivity index (χ2v) is 9.95. The average Bonchev–Trinajstić information content (AvgIpc) is 2.80. The third-order valence-corrected chi connectivity index (χ3v) is 7.89. The lowest BCUT2D eigenvalue weighted by molar-refractivity contribution is 0.155. The van der Waals surface area contributed by atoms with Crippen LogP contribution < -0.4 is 4.74 Å². The number of hydrogen-bond acceptors (Lipinski definition) is 1. The predicted molar refractivity (Wildman–Crippen MR) is 126 cm³/mol. The van der Waals surface area contributed by atoms with Gasteiger partial charge < -0.3 is 4.74 Å². The fourth-order valence-corrected chi connectivity index (χ4v) is 5.94. The van der Waals surface area contributed by atoms with Crippen molar-refractivity contribution in [3.8, 4) is 5.75 Å². The summed E-state index contributed by atoms with van der Waals surface area (Å²) in [6.45, 7) is 6.22. The molecule has 0 amide bonds. The van der Waals surface area contributed by atoms with Crippen molar-refractivity contribution >= 4 is 0 Å². The second kappa shape index (κ2) is 12.6. The van der Waals surface area contributed by atoms with Crippen LogP contribution in [0.2, 0.25) is 0 Å². The lowest BCUT2D eigenvalue weighted by Gasteiger charge is -2.38. The maximum atomic E-state index is 14.7. The van der Waals surface area contributed by atoms with Gasteiger partial charge in [-0.2, -0.15) is 4.39 Å². The Morgan fingerprint density at radius 1 is 0.903 bits per heavy atom. The molecule has 3 heteroatoms. The van der Waals surface area contributed by atoms with E-state index < -0.39 is 11.6 Å². The Morgan fingerprint density at radius 2 is 1.58 bits per heavy atom. The molecule has 2 aliphatic rings. The van der Waals surface area contributed by atoms with Crippen molar-refractivity contribution in [2.45, 2.75) is 103 Å². The SMILES string of the molecule is C=CCCOc1ccc(C2CCC(C3CCC(CCCCCC)CC3)CC2)c(F)c1F. The number of hydrogen-bond donors (Lipinski definition) is 0. The normalized spacial score (nSPS) is 26.5. The van der Waals surface area contributed by atoms with Crippen LogP contribution in [-0.4, -0.2) is 6.61 Å². The summed E-state index contributed by atoms with van der Waals surface area (Å²) in [5.74, 6) is 1.21. The van der Waals surface area contributed by atoms with E-state index >= 15 is 0 Å². The van der Waals surface area contributed by atoms with Gasteiger partial charge in [-0.05, 0) is 80.2 Å². The van der Waals surface area contributed by atoms with Crippen molar-refractivity contribution in [1.29, 1.82) is 0 Å².